The minimum Gasteiger partial charge on any atom is -0.233 e. The molecule has 0 saturated heterocycles. The minimum atomic E-state index is -4.75. The number of benzene rings is 2. The molecule has 30 heavy (non-hydrogen) atoms. The molecule has 0 spiro atoms. The molecular weight excluding hydrogens is 443 g/mol. The van der Waals surface area contributed by atoms with E-state index in [1.165, 1.54) is 0 Å². The molecule has 0 unspecified atom stereocenters. The molecule has 0 saturated carbocycles. The molecule has 2 N–H and O–H groups in total. The SMILES string of the molecule is NS(=O)(=O)c1c(F)cc(-c2cc(C(F)F)nn2-c2ccc(C(F)(F)F)cc2)cc1F. The Hall–Kier alpha value is -2.93. The maximum absolute atomic E-state index is 14.2. The first-order chi connectivity index (χ1) is 13.8. The predicted octanol–water partition coefficient (Wildman–Crippen LogP) is 4.42. The summed E-state index contributed by atoms with van der Waals surface area (Å²) in [5.74, 6) is -3.16. The van der Waals surface area contributed by atoms with E-state index in [9.17, 15) is 39.2 Å². The van der Waals surface area contributed by atoms with E-state index in [1.807, 2.05) is 0 Å². The number of nitrogens with two attached hydrogens (primary N) is 1. The summed E-state index contributed by atoms with van der Waals surface area (Å²) < 4.78 is 116. The van der Waals surface area contributed by atoms with Crippen LogP contribution in [0.3, 0.4) is 0 Å². The van der Waals surface area contributed by atoms with Gasteiger partial charge in [0.1, 0.15) is 17.3 Å². The molecule has 1 heterocycles. The van der Waals surface area contributed by atoms with Gasteiger partial charge < -0.3 is 0 Å². The van der Waals surface area contributed by atoms with E-state index in [0.717, 1.165) is 22.9 Å². The van der Waals surface area contributed by atoms with Crippen molar-refractivity contribution in [3.05, 3.63) is 65.4 Å². The number of alkyl halides is 5. The summed E-state index contributed by atoms with van der Waals surface area (Å²) in [5.41, 5.74) is -2.65. The van der Waals surface area contributed by atoms with Gasteiger partial charge in [-0.15, -0.1) is 0 Å². The Bertz CT molecular complexity index is 1180. The second kappa shape index (κ2) is 7.40. The van der Waals surface area contributed by atoms with Crippen LogP contribution in [-0.2, 0) is 16.2 Å². The number of halogens is 7. The van der Waals surface area contributed by atoms with Crippen LogP contribution in [-0.4, -0.2) is 18.2 Å². The lowest BCUT2D eigenvalue weighted by Gasteiger charge is -2.11. The van der Waals surface area contributed by atoms with Gasteiger partial charge in [-0.05, 0) is 42.5 Å². The Labute approximate surface area is 164 Å². The molecular formula is C17H10F7N3O2S. The summed E-state index contributed by atoms with van der Waals surface area (Å²) >= 11 is 0. The molecule has 5 nitrogen and oxygen atoms in total. The molecule has 3 rings (SSSR count). The molecule has 2 aromatic carbocycles. The fourth-order valence-electron chi connectivity index (χ4n) is 2.68. The maximum atomic E-state index is 14.2. The highest BCUT2D eigenvalue weighted by Gasteiger charge is 2.30. The standard InChI is InChI=1S/C17H10F7N3O2S/c18-11-5-8(6-12(19)15(11)30(25,28)29)14-7-13(16(20)21)26-27(14)10-3-1-9(2-4-10)17(22,23)24/h1-7,16H,(H2,25,28,29). The molecule has 0 aliphatic rings. The molecule has 0 aliphatic carbocycles. The Morgan fingerprint density at radius 1 is 0.967 bits per heavy atom. The fraction of sp³-hybridized carbons (Fsp3) is 0.118. The van der Waals surface area contributed by atoms with E-state index >= 15 is 0 Å². The van der Waals surface area contributed by atoms with E-state index < -0.39 is 56.0 Å². The highest BCUT2D eigenvalue weighted by Crippen LogP contribution is 2.33. The van der Waals surface area contributed by atoms with Gasteiger partial charge >= 0.3 is 6.18 Å². The van der Waals surface area contributed by atoms with Crippen molar-refractivity contribution in [2.24, 2.45) is 5.14 Å². The number of nitrogens with zero attached hydrogens (tertiary/aromatic N) is 2. The predicted molar refractivity (Wildman–Crippen MR) is 90.2 cm³/mol. The van der Waals surface area contributed by atoms with Gasteiger partial charge in [-0.25, -0.2) is 35.8 Å². The largest absolute Gasteiger partial charge is 0.416 e. The highest BCUT2D eigenvalue weighted by atomic mass is 32.2. The zero-order valence-electron chi connectivity index (χ0n) is 14.5. The first-order valence-electron chi connectivity index (χ1n) is 7.87. The van der Waals surface area contributed by atoms with Crippen LogP contribution in [0.2, 0.25) is 0 Å². The van der Waals surface area contributed by atoms with E-state index in [2.05, 4.69) is 5.10 Å². The lowest BCUT2D eigenvalue weighted by Crippen LogP contribution is -2.16. The molecule has 0 radical (unpaired) electrons. The van der Waals surface area contributed by atoms with Gasteiger partial charge in [-0.3, -0.25) is 0 Å². The Morgan fingerprint density at radius 2 is 1.50 bits per heavy atom. The maximum Gasteiger partial charge on any atom is 0.416 e. The topological polar surface area (TPSA) is 78.0 Å². The normalized spacial score (nSPS) is 12.6. The highest BCUT2D eigenvalue weighted by molar-refractivity contribution is 7.89. The quantitative estimate of drug-likeness (QED) is 0.594. The smallest absolute Gasteiger partial charge is 0.233 e. The van der Waals surface area contributed by atoms with E-state index in [-0.39, 0.29) is 11.4 Å². The molecule has 3 aromatic rings. The zero-order chi connectivity index (χ0) is 22.4. The van der Waals surface area contributed by atoms with Crippen molar-refractivity contribution in [1.82, 2.24) is 9.78 Å². The van der Waals surface area contributed by atoms with Gasteiger partial charge in [0.2, 0.25) is 10.0 Å². The molecule has 1 aromatic heterocycles. The van der Waals surface area contributed by atoms with Crippen molar-refractivity contribution in [3.63, 3.8) is 0 Å². The number of rotatable bonds is 4. The molecule has 0 fully saturated rings. The van der Waals surface area contributed by atoms with Crippen LogP contribution in [0.25, 0.3) is 16.9 Å². The second-order valence-corrected chi connectivity index (χ2v) is 7.52. The summed E-state index contributed by atoms with van der Waals surface area (Å²) in [6.07, 6.45) is -7.74. The van der Waals surface area contributed by atoms with Crippen LogP contribution >= 0.6 is 0 Å². The molecule has 13 heteroatoms. The molecule has 160 valence electrons. The van der Waals surface area contributed by atoms with Crippen LogP contribution in [0, 0.1) is 11.6 Å². The third kappa shape index (κ3) is 4.16. The van der Waals surface area contributed by atoms with Crippen molar-refractivity contribution in [3.8, 4) is 16.9 Å². The van der Waals surface area contributed by atoms with Gasteiger partial charge in [-0.1, -0.05) is 0 Å². The number of hydrogen-bond donors (Lipinski definition) is 1. The van der Waals surface area contributed by atoms with Crippen molar-refractivity contribution in [1.29, 1.82) is 0 Å². The first kappa shape index (κ1) is 21.8. The van der Waals surface area contributed by atoms with Crippen LogP contribution in [0.5, 0.6) is 0 Å². The second-order valence-electron chi connectivity index (χ2n) is 6.03. The van der Waals surface area contributed by atoms with E-state index in [0.29, 0.717) is 24.3 Å². The van der Waals surface area contributed by atoms with E-state index in [1.54, 1.807) is 0 Å². The summed E-state index contributed by atoms with van der Waals surface area (Å²) in [5, 5.41) is 8.32. The van der Waals surface area contributed by atoms with Crippen LogP contribution in [0.1, 0.15) is 17.7 Å². The van der Waals surface area contributed by atoms with Crippen molar-refractivity contribution in [2.45, 2.75) is 17.5 Å². The van der Waals surface area contributed by atoms with Crippen molar-refractivity contribution in [2.75, 3.05) is 0 Å². The first-order valence-corrected chi connectivity index (χ1v) is 9.41. The Morgan fingerprint density at radius 3 is 1.93 bits per heavy atom. The van der Waals surface area contributed by atoms with Gasteiger partial charge in [0.05, 0.1) is 16.9 Å². The van der Waals surface area contributed by atoms with Crippen LogP contribution in [0.4, 0.5) is 30.7 Å². The molecule has 0 atom stereocenters. The van der Waals surface area contributed by atoms with Gasteiger partial charge in [0.25, 0.3) is 6.43 Å². The van der Waals surface area contributed by atoms with Crippen molar-refractivity contribution < 1.29 is 39.2 Å². The van der Waals surface area contributed by atoms with Gasteiger partial charge in [-0.2, -0.15) is 18.3 Å². The summed E-state index contributed by atoms with van der Waals surface area (Å²) in [4.78, 5) is -1.42. The van der Waals surface area contributed by atoms with Crippen molar-refractivity contribution >= 4 is 10.0 Å². The number of sulfonamides is 1. The summed E-state index contributed by atoms with van der Waals surface area (Å²) in [6.45, 7) is 0. The minimum absolute atomic E-state index is 0.110. The number of aromatic nitrogens is 2. The van der Waals surface area contributed by atoms with Gasteiger partial charge in [0, 0.05) is 5.56 Å². The number of primary sulfonamides is 1. The van der Waals surface area contributed by atoms with Crippen LogP contribution in [0.15, 0.2) is 47.4 Å². The monoisotopic (exact) mass is 453 g/mol. The number of hydrogen-bond acceptors (Lipinski definition) is 3. The zero-order valence-corrected chi connectivity index (χ0v) is 15.3. The van der Waals surface area contributed by atoms with E-state index in [4.69, 9.17) is 5.14 Å². The Kier molecular flexibility index (Phi) is 5.37. The lowest BCUT2D eigenvalue weighted by atomic mass is 10.1. The summed E-state index contributed by atoms with van der Waals surface area (Å²) in [6, 6.07) is 5.06. The van der Waals surface area contributed by atoms with Gasteiger partial charge in [0.15, 0.2) is 4.90 Å². The molecule has 0 bridgehead atoms. The van der Waals surface area contributed by atoms with Crippen LogP contribution < -0.4 is 5.14 Å². The Balaban J connectivity index is 2.19. The third-order valence-corrected chi connectivity index (χ3v) is 4.93. The fourth-order valence-corrected chi connectivity index (χ4v) is 3.34. The average Bonchev–Trinajstić information content (AvgIpc) is 3.05. The average molecular weight is 453 g/mol. The molecule has 0 amide bonds. The lowest BCUT2D eigenvalue weighted by molar-refractivity contribution is -0.137. The summed E-state index contributed by atoms with van der Waals surface area (Å²) in [7, 11) is -4.75. The third-order valence-electron chi connectivity index (χ3n) is 3.97. The molecule has 0 aliphatic heterocycles.